The second kappa shape index (κ2) is 6.29. The minimum Gasteiger partial charge on any atom is -0.389 e. The van der Waals surface area contributed by atoms with Crippen molar-refractivity contribution in [3.8, 4) is 0 Å². The monoisotopic (exact) mass is 367 g/mol. The number of nitrogens with one attached hydrogen (secondary N) is 2. The maximum Gasteiger partial charge on any atom is 0.267 e. The molecule has 3 aromatic heterocycles. The Kier molecular flexibility index (Phi) is 3.76. The van der Waals surface area contributed by atoms with Crippen LogP contribution in [0.4, 0.5) is 11.6 Å². The van der Waals surface area contributed by atoms with Crippen LogP contribution in [0.3, 0.4) is 0 Å². The Labute approximate surface area is 155 Å². The third kappa shape index (κ3) is 2.71. The largest absolute Gasteiger partial charge is 0.389 e. The van der Waals surface area contributed by atoms with Gasteiger partial charge in [-0.2, -0.15) is 10.3 Å². The number of H-pyrrole nitrogens is 1. The summed E-state index contributed by atoms with van der Waals surface area (Å²) in [5.41, 5.74) is 3.28. The van der Waals surface area contributed by atoms with Crippen LogP contribution in [-0.2, 0) is 11.4 Å². The number of anilines is 2. The minimum atomic E-state index is -0.153. The first-order chi connectivity index (χ1) is 13.3. The molecule has 1 aliphatic carbocycles. The van der Waals surface area contributed by atoms with Gasteiger partial charge in [-0.1, -0.05) is 16.7 Å². The van der Waals surface area contributed by atoms with Crippen molar-refractivity contribution in [1.82, 2.24) is 35.4 Å². The molecule has 1 spiro atoms. The van der Waals surface area contributed by atoms with Gasteiger partial charge in [-0.05, 0) is 37.8 Å². The Hall–Kier alpha value is -3.04. The smallest absolute Gasteiger partial charge is 0.267 e. The SMILES string of the molecule is CCn1ncc2c(Nc3nn[nH]n3)c(C3=NOC4(CCCCC4)C3)cnc21. The lowest BCUT2D eigenvalue weighted by Crippen LogP contribution is -2.31. The molecule has 1 fully saturated rings. The molecular weight excluding hydrogens is 346 g/mol. The molecule has 27 heavy (non-hydrogen) atoms. The van der Waals surface area contributed by atoms with Crippen molar-refractivity contribution in [2.75, 3.05) is 5.32 Å². The van der Waals surface area contributed by atoms with Gasteiger partial charge in [0.1, 0.15) is 5.60 Å². The minimum absolute atomic E-state index is 0.153. The Bertz CT molecular complexity index is 985. The molecule has 2 N–H and O–H groups in total. The summed E-state index contributed by atoms with van der Waals surface area (Å²) < 4.78 is 1.86. The molecular formula is C17H21N9O. The molecule has 10 nitrogen and oxygen atoms in total. The number of aromatic amines is 1. The Morgan fingerprint density at radius 3 is 2.93 bits per heavy atom. The summed E-state index contributed by atoms with van der Waals surface area (Å²) in [7, 11) is 0. The highest BCUT2D eigenvalue weighted by molar-refractivity contribution is 6.11. The first kappa shape index (κ1) is 16.2. The van der Waals surface area contributed by atoms with Crippen LogP contribution in [0.15, 0.2) is 17.5 Å². The summed E-state index contributed by atoms with van der Waals surface area (Å²) in [6.45, 7) is 2.78. The number of pyridine rings is 1. The lowest BCUT2D eigenvalue weighted by Gasteiger charge is -2.30. The normalized spacial score (nSPS) is 18.6. The molecule has 2 aliphatic rings. The summed E-state index contributed by atoms with van der Waals surface area (Å²) in [6, 6.07) is 0. The molecule has 4 heterocycles. The fourth-order valence-corrected chi connectivity index (χ4v) is 4.07. The highest BCUT2D eigenvalue weighted by Crippen LogP contribution is 2.41. The van der Waals surface area contributed by atoms with Crippen LogP contribution in [0.25, 0.3) is 11.0 Å². The number of rotatable bonds is 4. The lowest BCUT2D eigenvalue weighted by molar-refractivity contribution is -0.0449. The van der Waals surface area contributed by atoms with Crippen molar-refractivity contribution in [3.05, 3.63) is 18.0 Å². The second-order valence-electron chi connectivity index (χ2n) is 7.15. The average Bonchev–Trinajstić information content (AvgIpc) is 3.43. The van der Waals surface area contributed by atoms with Gasteiger partial charge in [0.05, 0.1) is 23.0 Å². The number of aromatic nitrogens is 7. The number of aryl methyl sites for hydroxylation is 1. The maximum atomic E-state index is 5.94. The van der Waals surface area contributed by atoms with Gasteiger partial charge >= 0.3 is 0 Å². The van der Waals surface area contributed by atoms with E-state index in [1.807, 2.05) is 24.0 Å². The van der Waals surface area contributed by atoms with Gasteiger partial charge in [-0.3, -0.25) is 0 Å². The maximum absolute atomic E-state index is 5.94. The van der Waals surface area contributed by atoms with Gasteiger partial charge in [0.15, 0.2) is 5.65 Å². The van der Waals surface area contributed by atoms with Gasteiger partial charge in [-0.15, -0.1) is 5.10 Å². The summed E-state index contributed by atoms with van der Waals surface area (Å²) in [6.07, 6.45) is 10.2. The second-order valence-corrected chi connectivity index (χ2v) is 7.15. The molecule has 0 aromatic carbocycles. The van der Waals surface area contributed by atoms with E-state index in [9.17, 15) is 0 Å². The van der Waals surface area contributed by atoms with Crippen LogP contribution in [0.2, 0.25) is 0 Å². The Balaban J connectivity index is 1.57. The van der Waals surface area contributed by atoms with E-state index in [0.29, 0.717) is 5.95 Å². The van der Waals surface area contributed by atoms with Gasteiger partial charge in [0.25, 0.3) is 5.95 Å². The number of tetrazole rings is 1. The van der Waals surface area contributed by atoms with Crippen molar-refractivity contribution < 1.29 is 4.84 Å². The Morgan fingerprint density at radius 1 is 1.26 bits per heavy atom. The number of oxime groups is 1. The van der Waals surface area contributed by atoms with Crippen LogP contribution in [0, 0.1) is 0 Å². The van der Waals surface area contributed by atoms with Gasteiger partial charge in [0.2, 0.25) is 0 Å². The van der Waals surface area contributed by atoms with Gasteiger partial charge < -0.3 is 10.2 Å². The summed E-state index contributed by atoms with van der Waals surface area (Å²) in [4.78, 5) is 10.6. The summed E-state index contributed by atoms with van der Waals surface area (Å²) in [5.74, 6) is 0.389. The zero-order valence-corrected chi connectivity index (χ0v) is 15.1. The molecule has 0 saturated heterocycles. The number of hydrogen-bond donors (Lipinski definition) is 2. The molecule has 0 amide bonds. The topological polar surface area (TPSA) is 119 Å². The quantitative estimate of drug-likeness (QED) is 0.727. The number of fused-ring (bicyclic) bond motifs is 1. The molecule has 10 heteroatoms. The van der Waals surface area contributed by atoms with Gasteiger partial charge in [-0.25, -0.2) is 9.67 Å². The third-order valence-electron chi connectivity index (χ3n) is 5.46. The predicted octanol–water partition coefficient (Wildman–Crippen LogP) is 2.54. The number of hydrogen-bond acceptors (Lipinski definition) is 8. The zero-order chi connectivity index (χ0) is 18.3. The molecule has 0 unspecified atom stereocenters. The van der Waals surface area contributed by atoms with E-state index < -0.39 is 0 Å². The number of nitrogens with zero attached hydrogens (tertiary/aromatic N) is 7. The highest BCUT2D eigenvalue weighted by Gasteiger charge is 2.41. The van der Waals surface area contributed by atoms with E-state index in [0.717, 1.165) is 53.8 Å². The Morgan fingerprint density at radius 2 is 2.15 bits per heavy atom. The summed E-state index contributed by atoms with van der Waals surface area (Å²) >= 11 is 0. The van der Waals surface area contributed by atoms with Crippen molar-refractivity contribution in [2.45, 2.75) is 57.6 Å². The average molecular weight is 367 g/mol. The van der Waals surface area contributed by atoms with Crippen LogP contribution >= 0.6 is 0 Å². The molecule has 5 rings (SSSR count). The third-order valence-corrected chi connectivity index (χ3v) is 5.46. The van der Waals surface area contributed by atoms with Crippen molar-refractivity contribution >= 4 is 28.4 Å². The first-order valence-electron chi connectivity index (χ1n) is 9.38. The molecule has 140 valence electrons. The van der Waals surface area contributed by atoms with E-state index in [-0.39, 0.29) is 5.60 Å². The van der Waals surface area contributed by atoms with Crippen molar-refractivity contribution in [1.29, 1.82) is 0 Å². The van der Waals surface area contributed by atoms with Gasteiger partial charge in [0, 0.05) is 24.7 Å². The molecule has 0 radical (unpaired) electrons. The van der Waals surface area contributed by atoms with Crippen LogP contribution < -0.4 is 5.32 Å². The van der Waals surface area contributed by atoms with E-state index >= 15 is 0 Å². The fraction of sp³-hybridized carbons (Fsp3) is 0.529. The van der Waals surface area contributed by atoms with Crippen molar-refractivity contribution in [2.24, 2.45) is 5.16 Å². The van der Waals surface area contributed by atoms with E-state index in [4.69, 9.17) is 4.84 Å². The molecule has 0 atom stereocenters. The molecule has 1 saturated carbocycles. The summed E-state index contributed by atoms with van der Waals surface area (Å²) in [5, 5.41) is 27.2. The lowest BCUT2D eigenvalue weighted by atomic mass is 9.81. The molecule has 0 bridgehead atoms. The van der Waals surface area contributed by atoms with Crippen LogP contribution in [0.5, 0.6) is 0 Å². The predicted molar refractivity (Wildman–Crippen MR) is 98.7 cm³/mol. The van der Waals surface area contributed by atoms with Crippen LogP contribution in [0.1, 0.15) is 51.0 Å². The first-order valence-corrected chi connectivity index (χ1v) is 9.38. The standard InChI is InChI=1S/C17H21N9O/c1-2-26-15-12(10-19-26)14(20-16-21-24-25-22-16)11(9-18-15)13-8-17(27-23-13)6-4-3-5-7-17/h9-10H,2-8H2,1H3,(H2,18,20,21,22,24,25). The highest BCUT2D eigenvalue weighted by atomic mass is 16.7. The molecule has 3 aromatic rings. The zero-order valence-electron chi connectivity index (χ0n) is 15.1. The van der Waals surface area contributed by atoms with Crippen molar-refractivity contribution in [3.63, 3.8) is 0 Å². The fourth-order valence-electron chi connectivity index (χ4n) is 4.07. The van der Waals surface area contributed by atoms with Crippen LogP contribution in [-0.4, -0.2) is 46.7 Å². The van der Waals surface area contributed by atoms with E-state index in [1.54, 1.807) is 0 Å². The van der Waals surface area contributed by atoms with E-state index in [1.165, 1.54) is 19.3 Å². The molecule has 1 aliphatic heterocycles. The van der Waals surface area contributed by atoms with E-state index in [2.05, 4.69) is 41.2 Å².